The predicted octanol–water partition coefficient (Wildman–Crippen LogP) is 1.70. The predicted molar refractivity (Wildman–Crippen MR) is 54.8 cm³/mol. The van der Waals surface area contributed by atoms with E-state index in [-0.39, 0.29) is 12.6 Å². The number of rotatable bonds is 2. The molecule has 1 atom stereocenters. The highest BCUT2D eigenvalue weighted by Gasteiger charge is 2.19. The molecule has 0 saturated carbocycles. The highest BCUT2D eigenvalue weighted by molar-refractivity contribution is 5.42. The fourth-order valence-corrected chi connectivity index (χ4v) is 1.70. The smallest absolute Gasteiger partial charge is 0.125 e. The summed E-state index contributed by atoms with van der Waals surface area (Å²) in [5, 5.41) is 8.97. The van der Waals surface area contributed by atoms with E-state index in [1.54, 1.807) is 0 Å². The maximum Gasteiger partial charge on any atom is 0.125 e. The second-order valence-corrected chi connectivity index (χ2v) is 3.37. The third-order valence-corrected chi connectivity index (χ3v) is 2.49. The number of nitrogens with zero attached hydrogens (tertiary/aromatic N) is 1. The van der Waals surface area contributed by atoms with E-state index < -0.39 is 0 Å². The minimum absolute atomic E-state index is 0.0445. The van der Waals surface area contributed by atoms with Crippen LogP contribution in [0.25, 0.3) is 0 Å². The van der Waals surface area contributed by atoms with Gasteiger partial charge in [-0.1, -0.05) is 12.1 Å². The molecular weight excluding hydrogens is 178 g/mol. The maximum atomic E-state index is 8.97. The molecule has 0 aliphatic carbocycles. The Labute approximate surface area is 83.1 Å². The van der Waals surface area contributed by atoms with E-state index in [0.717, 1.165) is 23.3 Å². The molecule has 14 heavy (non-hydrogen) atoms. The summed E-state index contributed by atoms with van der Waals surface area (Å²) in [5.41, 5.74) is 1.94. The number of aliphatic hydroxyl groups excluding tert-OH is 1. The van der Waals surface area contributed by atoms with E-state index in [4.69, 9.17) is 9.84 Å². The Hall–Kier alpha value is -1.35. The molecule has 0 spiro atoms. The largest absolute Gasteiger partial charge is 0.493 e. The van der Waals surface area contributed by atoms with E-state index in [9.17, 15) is 0 Å². The van der Waals surface area contributed by atoms with Crippen LogP contribution in [0.2, 0.25) is 0 Å². The molecule has 0 unspecified atom stereocenters. The number of hydrogen-bond donors (Lipinski definition) is 1. The van der Waals surface area contributed by atoms with Gasteiger partial charge in [0.05, 0.1) is 19.3 Å². The van der Waals surface area contributed by atoms with Crippen LogP contribution < -0.4 is 4.74 Å². The van der Waals surface area contributed by atoms with Crippen molar-refractivity contribution in [2.75, 3.05) is 6.61 Å². The zero-order chi connectivity index (χ0) is 9.97. The molecule has 3 heteroatoms. The SMILES string of the molecule is C=N[C@@H]1CCOc2cc(CO)ccc21. The fraction of sp³-hybridized carbons (Fsp3) is 0.364. The van der Waals surface area contributed by atoms with Gasteiger partial charge in [-0.3, -0.25) is 4.99 Å². The summed E-state index contributed by atoms with van der Waals surface area (Å²) < 4.78 is 5.50. The van der Waals surface area contributed by atoms with Crippen molar-refractivity contribution >= 4 is 6.72 Å². The molecule has 1 aliphatic heterocycles. The second kappa shape index (κ2) is 3.80. The summed E-state index contributed by atoms with van der Waals surface area (Å²) in [7, 11) is 0. The molecule has 3 nitrogen and oxygen atoms in total. The molecule has 0 radical (unpaired) electrons. The van der Waals surface area contributed by atoms with Gasteiger partial charge in [0.1, 0.15) is 5.75 Å². The molecule has 0 bridgehead atoms. The first-order valence-corrected chi connectivity index (χ1v) is 4.67. The Morgan fingerprint density at radius 2 is 2.43 bits per heavy atom. The van der Waals surface area contributed by atoms with Crippen molar-refractivity contribution in [3.8, 4) is 5.75 Å². The van der Waals surface area contributed by atoms with E-state index in [0.29, 0.717) is 6.61 Å². The van der Waals surface area contributed by atoms with E-state index in [1.807, 2.05) is 18.2 Å². The molecule has 2 rings (SSSR count). The molecule has 1 aliphatic rings. The average Bonchev–Trinajstić information content (AvgIpc) is 2.27. The Kier molecular flexibility index (Phi) is 2.50. The van der Waals surface area contributed by atoms with Gasteiger partial charge in [-0.2, -0.15) is 0 Å². The van der Waals surface area contributed by atoms with Crippen LogP contribution in [0.1, 0.15) is 23.6 Å². The maximum absolute atomic E-state index is 8.97. The van der Waals surface area contributed by atoms with Crippen LogP contribution in [0.5, 0.6) is 5.75 Å². The minimum atomic E-state index is 0.0445. The molecule has 1 aromatic carbocycles. The first-order chi connectivity index (χ1) is 6.85. The third kappa shape index (κ3) is 1.51. The van der Waals surface area contributed by atoms with E-state index in [2.05, 4.69) is 11.7 Å². The number of aliphatic hydroxyl groups is 1. The molecule has 0 fully saturated rings. The Bertz CT molecular complexity index is 349. The van der Waals surface area contributed by atoms with Crippen LogP contribution in [0, 0.1) is 0 Å². The number of hydrogen-bond acceptors (Lipinski definition) is 3. The highest BCUT2D eigenvalue weighted by Crippen LogP contribution is 2.34. The van der Waals surface area contributed by atoms with E-state index in [1.165, 1.54) is 0 Å². The first kappa shape index (κ1) is 9.21. The molecule has 0 aromatic heterocycles. The lowest BCUT2D eigenvalue weighted by molar-refractivity contribution is 0.263. The lowest BCUT2D eigenvalue weighted by atomic mass is 9.99. The fourth-order valence-electron chi connectivity index (χ4n) is 1.70. The number of aliphatic imine (C=N–C) groups is 1. The van der Waals surface area contributed by atoms with Crippen molar-refractivity contribution < 1.29 is 9.84 Å². The average molecular weight is 191 g/mol. The second-order valence-electron chi connectivity index (χ2n) is 3.37. The highest BCUT2D eigenvalue weighted by atomic mass is 16.5. The van der Waals surface area contributed by atoms with Crippen LogP contribution in [0.4, 0.5) is 0 Å². The van der Waals surface area contributed by atoms with Gasteiger partial charge in [0, 0.05) is 12.0 Å². The molecule has 1 N–H and O–H groups in total. The van der Waals surface area contributed by atoms with Gasteiger partial charge in [-0.15, -0.1) is 0 Å². The minimum Gasteiger partial charge on any atom is -0.493 e. The number of ether oxygens (including phenoxy) is 1. The monoisotopic (exact) mass is 191 g/mol. The zero-order valence-corrected chi connectivity index (χ0v) is 7.94. The number of benzene rings is 1. The van der Waals surface area contributed by atoms with Crippen LogP contribution in [-0.4, -0.2) is 18.4 Å². The summed E-state index contributed by atoms with van der Waals surface area (Å²) >= 11 is 0. The quantitative estimate of drug-likeness (QED) is 0.723. The lowest BCUT2D eigenvalue weighted by Gasteiger charge is -2.23. The standard InChI is InChI=1S/C11H13NO2/c1-12-10-4-5-14-11-6-8(7-13)2-3-9(10)11/h2-3,6,10,13H,1,4-5,7H2/t10-/m1/s1. The van der Waals surface area contributed by atoms with Crippen LogP contribution in [0.3, 0.4) is 0 Å². The van der Waals surface area contributed by atoms with Crippen molar-refractivity contribution in [3.05, 3.63) is 29.3 Å². The van der Waals surface area contributed by atoms with Crippen LogP contribution >= 0.6 is 0 Å². The van der Waals surface area contributed by atoms with Crippen LogP contribution in [0.15, 0.2) is 23.2 Å². The topological polar surface area (TPSA) is 41.8 Å². The van der Waals surface area contributed by atoms with Gasteiger partial charge >= 0.3 is 0 Å². The summed E-state index contributed by atoms with van der Waals surface area (Å²) in [4.78, 5) is 4.05. The molecule has 1 heterocycles. The molecule has 0 saturated heterocycles. The van der Waals surface area contributed by atoms with Gasteiger partial charge in [-0.25, -0.2) is 0 Å². The van der Waals surface area contributed by atoms with Gasteiger partial charge in [0.25, 0.3) is 0 Å². The van der Waals surface area contributed by atoms with Crippen LogP contribution in [-0.2, 0) is 6.61 Å². The molecule has 74 valence electrons. The van der Waals surface area contributed by atoms with Gasteiger partial charge in [-0.05, 0) is 18.3 Å². The van der Waals surface area contributed by atoms with Crippen molar-refractivity contribution in [2.24, 2.45) is 4.99 Å². The van der Waals surface area contributed by atoms with Crippen molar-refractivity contribution in [1.82, 2.24) is 0 Å². The molecule has 1 aromatic rings. The van der Waals surface area contributed by atoms with Crippen molar-refractivity contribution in [1.29, 1.82) is 0 Å². The Morgan fingerprint density at radius 1 is 1.57 bits per heavy atom. The first-order valence-electron chi connectivity index (χ1n) is 4.67. The number of fused-ring (bicyclic) bond motifs is 1. The van der Waals surface area contributed by atoms with E-state index >= 15 is 0 Å². The Balaban J connectivity index is 2.40. The van der Waals surface area contributed by atoms with Gasteiger partial charge < -0.3 is 9.84 Å². The van der Waals surface area contributed by atoms with Crippen molar-refractivity contribution in [3.63, 3.8) is 0 Å². The van der Waals surface area contributed by atoms with Gasteiger partial charge in [0.2, 0.25) is 0 Å². The third-order valence-electron chi connectivity index (χ3n) is 2.49. The molecule has 0 amide bonds. The summed E-state index contributed by atoms with van der Waals surface area (Å²) in [6, 6.07) is 5.86. The van der Waals surface area contributed by atoms with Gasteiger partial charge in [0.15, 0.2) is 0 Å². The summed E-state index contributed by atoms with van der Waals surface area (Å²) in [6.07, 6.45) is 0.884. The summed E-state index contributed by atoms with van der Waals surface area (Å²) in [6.45, 7) is 4.29. The summed E-state index contributed by atoms with van der Waals surface area (Å²) in [5.74, 6) is 0.834. The normalized spacial score (nSPS) is 19.6. The zero-order valence-electron chi connectivity index (χ0n) is 7.94. The Morgan fingerprint density at radius 3 is 3.14 bits per heavy atom. The lowest BCUT2D eigenvalue weighted by Crippen LogP contribution is -2.12. The molecular formula is C11H13NO2. The van der Waals surface area contributed by atoms with Crippen molar-refractivity contribution in [2.45, 2.75) is 19.1 Å².